The third-order valence-corrected chi connectivity index (χ3v) is 3.54. The molecular weight excluding hydrogens is 228 g/mol. The van der Waals surface area contributed by atoms with E-state index in [4.69, 9.17) is 0 Å². The summed E-state index contributed by atoms with van der Waals surface area (Å²) < 4.78 is 0. The number of fused-ring (bicyclic) bond motifs is 1. The van der Waals surface area contributed by atoms with Gasteiger partial charge in [-0.1, -0.05) is 30.3 Å². The molecule has 1 atom stereocenters. The van der Waals surface area contributed by atoms with Crippen LogP contribution < -0.4 is 11.2 Å². The Labute approximate surface area is 104 Å². The number of hydrogen-bond acceptors (Lipinski definition) is 2. The largest absolute Gasteiger partial charge is 0.325 e. The Hall–Kier alpha value is -2.10. The lowest BCUT2D eigenvalue weighted by molar-refractivity contribution is 0.586. The number of nitrogens with one attached hydrogen (secondary N) is 2. The molecule has 0 unspecified atom stereocenters. The summed E-state index contributed by atoms with van der Waals surface area (Å²) >= 11 is 0. The lowest BCUT2D eigenvalue weighted by Gasteiger charge is -2.24. The first kappa shape index (κ1) is 11.0. The molecule has 4 heteroatoms. The molecule has 0 saturated carbocycles. The van der Waals surface area contributed by atoms with E-state index in [1.807, 2.05) is 30.3 Å². The van der Waals surface area contributed by atoms with Crippen molar-refractivity contribution < 1.29 is 0 Å². The van der Waals surface area contributed by atoms with Crippen LogP contribution in [-0.2, 0) is 6.42 Å². The third-order valence-electron chi connectivity index (χ3n) is 3.54. The Bertz CT molecular complexity index is 670. The molecule has 2 N–H and O–H groups in total. The zero-order valence-corrected chi connectivity index (χ0v) is 9.90. The van der Waals surface area contributed by atoms with E-state index in [2.05, 4.69) is 9.97 Å². The molecule has 0 aliphatic heterocycles. The van der Waals surface area contributed by atoms with E-state index in [1.54, 1.807) is 0 Å². The van der Waals surface area contributed by atoms with Crippen molar-refractivity contribution in [1.82, 2.24) is 9.97 Å². The van der Waals surface area contributed by atoms with E-state index < -0.39 is 5.69 Å². The number of hydrogen-bond donors (Lipinski definition) is 2. The number of H-pyrrole nitrogens is 2. The lowest BCUT2D eigenvalue weighted by atomic mass is 9.83. The number of aromatic nitrogens is 2. The van der Waals surface area contributed by atoms with Crippen molar-refractivity contribution in [3.05, 3.63) is 68.0 Å². The van der Waals surface area contributed by atoms with Gasteiger partial charge in [-0.25, -0.2) is 4.79 Å². The summed E-state index contributed by atoms with van der Waals surface area (Å²) in [5.74, 6) is 0.130. The van der Waals surface area contributed by atoms with Gasteiger partial charge in [0.2, 0.25) is 0 Å². The minimum Gasteiger partial charge on any atom is -0.310 e. The Balaban J connectivity index is 2.18. The van der Waals surface area contributed by atoms with E-state index in [9.17, 15) is 9.59 Å². The summed E-state index contributed by atoms with van der Waals surface area (Å²) in [7, 11) is 0. The molecule has 0 radical (unpaired) electrons. The SMILES string of the molecule is O=c1[nH]c2c(c(=O)[nH]1)CCC[C@H]2c1ccccc1. The Morgan fingerprint density at radius 1 is 1.06 bits per heavy atom. The monoisotopic (exact) mass is 242 g/mol. The zero-order chi connectivity index (χ0) is 12.5. The van der Waals surface area contributed by atoms with Gasteiger partial charge >= 0.3 is 5.69 Å². The first-order valence-electron chi connectivity index (χ1n) is 6.16. The zero-order valence-electron chi connectivity index (χ0n) is 9.90. The number of benzene rings is 1. The van der Waals surface area contributed by atoms with Crippen LogP contribution in [0, 0.1) is 0 Å². The molecule has 2 aromatic rings. The van der Waals surface area contributed by atoms with E-state index in [0.29, 0.717) is 0 Å². The fraction of sp³-hybridized carbons (Fsp3) is 0.286. The highest BCUT2D eigenvalue weighted by Crippen LogP contribution is 2.33. The highest BCUT2D eigenvalue weighted by Gasteiger charge is 2.24. The summed E-state index contributed by atoms with van der Waals surface area (Å²) in [6.45, 7) is 0. The third kappa shape index (κ3) is 1.79. The van der Waals surface area contributed by atoms with Gasteiger partial charge in [0, 0.05) is 17.2 Å². The van der Waals surface area contributed by atoms with Gasteiger partial charge in [0.05, 0.1) is 0 Å². The minimum absolute atomic E-state index is 0.130. The summed E-state index contributed by atoms with van der Waals surface area (Å²) in [5.41, 5.74) is 2.02. The maximum absolute atomic E-state index is 11.8. The van der Waals surface area contributed by atoms with E-state index >= 15 is 0 Å². The summed E-state index contributed by atoms with van der Waals surface area (Å²) in [4.78, 5) is 28.3. The van der Waals surface area contributed by atoms with Gasteiger partial charge in [-0.2, -0.15) is 0 Å². The number of aromatic amines is 2. The van der Waals surface area contributed by atoms with Crippen LogP contribution in [0.15, 0.2) is 39.9 Å². The molecule has 0 fully saturated rings. The normalized spacial score (nSPS) is 18.3. The molecule has 0 saturated heterocycles. The molecule has 1 aromatic carbocycles. The second-order valence-electron chi connectivity index (χ2n) is 4.66. The van der Waals surface area contributed by atoms with Crippen LogP contribution in [0.3, 0.4) is 0 Å². The van der Waals surface area contributed by atoms with Gasteiger partial charge < -0.3 is 4.98 Å². The molecule has 1 heterocycles. The predicted octanol–water partition coefficient (Wildman–Crippen LogP) is 1.53. The quantitative estimate of drug-likeness (QED) is 0.796. The molecule has 0 spiro atoms. The average Bonchev–Trinajstić information content (AvgIpc) is 2.39. The molecule has 92 valence electrons. The van der Waals surface area contributed by atoms with E-state index in [0.717, 1.165) is 36.1 Å². The topological polar surface area (TPSA) is 65.7 Å². The molecule has 1 aliphatic rings. The van der Waals surface area contributed by atoms with E-state index in [-0.39, 0.29) is 11.5 Å². The van der Waals surface area contributed by atoms with Crippen LogP contribution in [0.25, 0.3) is 0 Å². The van der Waals surface area contributed by atoms with Gasteiger partial charge in [0.15, 0.2) is 0 Å². The molecule has 1 aliphatic carbocycles. The van der Waals surface area contributed by atoms with Crippen LogP contribution in [0.5, 0.6) is 0 Å². The maximum Gasteiger partial charge on any atom is 0.325 e. The Morgan fingerprint density at radius 2 is 1.83 bits per heavy atom. The molecular formula is C14H14N2O2. The van der Waals surface area contributed by atoms with Crippen molar-refractivity contribution in [2.45, 2.75) is 25.2 Å². The molecule has 4 nitrogen and oxygen atoms in total. The van der Waals surface area contributed by atoms with Crippen LogP contribution >= 0.6 is 0 Å². The standard InChI is InChI=1S/C14H14N2O2/c17-13-11-8-4-7-10(9-5-2-1-3-6-9)12(11)15-14(18)16-13/h1-3,5-6,10H,4,7-8H2,(H2,15,16,17,18)/t10-/m0/s1. The minimum atomic E-state index is -0.415. The number of rotatable bonds is 1. The van der Waals surface area contributed by atoms with Crippen molar-refractivity contribution in [3.63, 3.8) is 0 Å². The van der Waals surface area contributed by atoms with Crippen molar-refractivity contribution in [3.8, 4) is 0 Å². The Kier molecular flexibility index (Phi) is 2.63. The average molecular weight is 242 g/mol. The van der Waals surface area contributed by atoms with Crippen molar-refractivity contribution in [2.75, 3.05) is 0 Å². The second kappa shape index (κ2) is 4.29. The maximum atomic E-state index is 11.8. The van der Waals surface area contributed by atoms with Crippen LogP contribution in [0.1, 0.15) is 35.6 Å². The fourth-order valence-corrected chi connectivity index (χ4v) is 2.72. The first-order chi connectivity index (χ1) is 8.75. The highest BCUT2D eigenvalue weighted by molar-refractivity contribution is 5.34. The second-order valence-corrected chi connectivity index (χ2v) is 4.66. The van der Waals surface area contributed by atoms with Crippen LogP contribution in [-0.4, -0.2) is 9.97 Å². The first-order valence-corrected chi connectivity index (χ1v) is 6.16. The highest BCUT2D eigenvalue weighted by atomic mass is 16.2. The van der Waals surface area contributed by atoms with Crippen LogP contribution in [0.2, 0.25) is 0 Å². The molecule has 0 bridgehead atoms. The summed E-state index contributed by atoms with van der Waals surface area (Å²) in [6.07, 6.45) is 2.68. The predicted molar refractivity (Wildman–Crippen MR) is 68.9 cm³/mol. The van der Waals surface area contributed by atoms with Gasteiger partial charge in [-0.3, -0.25) is 9.78 Å². The lowest BCUT2D eigenvalue weighted by Crippen LogP contribution is -2.31. The van der Waals surface area contributed by atoms with Crippen molar-refractivity contribution >= 4 is 0 Å². The van der Waals surface area contributed by atoms with Gasteiger partial charge in [-0.15, -0.1) is 0 Å². The van der Waals surface area contributed by atoms with Crippen molar-refractivity contribution in [2.24, 2.45) is 0 Å². The molecule has 3 rings (SSSR count). The van der Waals surface area contributed by atoms with Gasteiger partial charge in [0.1, 0.15) is 0 Å². The smallest absolute Gasteiger partial charge is 0.310 e. The fourth-order valence-electron chi connectivity index (χ4n) is 2.72. The van der Waals surface area contributed by atoms with Gasteiger partial charge in [-0.05, 0) is 24.8 Å². The molecule has 18 heavy (non-hydrogen) atoms. The summed E-state index contributed by atoms with van der Waals surface area (Å²) in [6, 6.07) is 10.0. The van der Waals surface area contributed by atoms with E-state index in [1.165, 1.54) is 0 Å². The molecule has 0 amide bonds. The van der Waals surface area contributed by atoms with Crippen LogP contribution in [0.4, 0.5) is 0 Å². The Morgan fingerprint density at radius 3 is 2.61 bits per heavy atom. The summed E-state index contributed by atoms with van der Waals surface area (Å²) in [5, 5.41) is 0. The molecule has 1 aromatic heterocycles. The van der Waals surface area contributed by atoms with Crippen molar-refractivity contribution in [1.29, 1.82) is 0 Å². The van der Waals surface area contributed by atoms with Gasteiger partial charge in [0.25, 0.3) is 5.56 Å².